The Kier molecular flexibility index (Phi) is 22.9. The van der Waals surface area contributed by atoms with E-state index in [9.17, 15) is 4.79 Å². The molecule has 1 aromatic carbocycles. The van der Waals surface area contributed by atoms with Crippen molar-refractivity contribution in [3.05, 3.63) is 64.3 Å². The molecule has 0 saturated carbocycles. The van der Waals surface area contributed by atoms with Crippen LogP contribution in [0.5, 0.6) is 0 Å². The van der Waals surface area contributed by atoms with Crippen LogP contribution in [0.2, 0.25) is 36.3 Å². The Balaban J connectivity index is 1.32. The lowest BCUT2D eigenvalue weighted by molar-refractivity contribution is -0.251. The summed E-state index contributed by atoms with van der Waals surface area (Å²) < 4.78 is 82.9. The predicted octanol–water partition coefficient (Wildman–Crippen LogP) is 14.7. The molecule has 0 radical (unpaired) electrons. The van der Waals surface area contributed by atoms with Crippen LogP contribution in [-0.4, -0.2) is 116 Å². The van der Waals surface area contributed by atoms with Crippen molar-refractivity contribution in [1.29, 1.82) is 0 Å². The fraction of sp³-hybridized carbons (Fsp3) is 0.778. The molecule has 18 atom stereocenters. The van der Waals surface area contributed by atoms with Crippen molar-refractivity contribution in [2.24, 2.45) is 29.6 Å². The van der Waals surface area contributed by atoms with Gasteiger partial charge in [0.1, 0.15) is 17.6 Å². The number of benzene rings is 1. The maximum absolute atomic E-state index is 15.8. The minimum absolute atomic E-state index is 0.0114. The SMILES string of the molecule is C=C1C[C@H](CCC=O)O[C@H]1CC[C@H]1C[C@@H](C)C(=C)[C@@H](C[C@@H]2O[C@H](C[C@H](C)CC)[C@H](C)[C@H]2C(C(=O)C[C@H]2CC[C@@H]3O[C@@H]([C@H](/C=C/I)O[Si](C)(C)C(C)(C)C)[C@@H](O[Si](C)(C)C(C)(C)C)[C@@H](C)[C@H]3O2)S(=O)(=O)c2ccc(CC)cc2)O1. The molecule has 0 amide bonds. The molecule has 442 valence electrons. The summed E-state index contributed by atoms with van der Waals surface area (Å²) >= 11 is 2.28. The Bertz CT molecular complexity index is 2330. The molecule has 1 aromatic rings. The Hall–Kier alpha value is -1.39. The highest BCUT2D eigenvalue weighted by Gasteiger charge is 2.57. The molecule has 5 saturated heterocycles. The van der Waals surface area contributed by atoms with Gasteiger partial charge in [-0.3, -0.25) is 4.79 Å². The maximum Gasteiger partial charge on any atom is 0.193 e. The van der Waals surface area contributed by atoms with E-state index in [2.05, 4.69) is 144 Å². The lowest BCUT2D eigenvalue weighted by Crippen LogP contribution is -2.64. The average Bonchev–Trinajstić information content (AvgIpc) is 3.87. The van der Waals surface area contributed by atoms with Crippen LogP contribution in [-0.2, 0) is 58.4 Å². The summed E-state index contributed by atoms with van der Waals surface area (Å²) in [6.07, 6.45) is 7.69. The molecule has 0 aromatic heterocycles. The number of aryl methyl sites for hydroxylation is 1. The fourth-order valence-corrected chi connectivity index (χ4v) is 17.5. The van der Waals surface area contributed by atoms with Crippen molar-refractivity contribution in [2.75, 3.05) is 0 Å². The van der Waals surface area contributed by atoms with E-state index in [0.717, 1.165) is 67.9 Å². The zero-order chi connectivity index (χ0) is 57.9. The van der Waals surface area contributed by atoms with Crippen LogP contribution in [0.15, 0.2) is 63.6 Å². The lowest BCUT2D eigenvalue weighted by Gasteiger charge is -2.54. The standard InChI is InChI=1S/C63H103IO11SSi2/c1-19-39(3)34-54-43(7)57(56(72-54)38-55-42(6)40(4)35-47(70-55)25-29-51-41(5)36-46(69-51)22-21-33-65)61(76(67,68)49-27-23-45(20-2)24-28-49)50(66)37-48-26-30-52-58(71-48)44(8)59(75-78(17,18)63(12,13)14)60(73-52)53(31-32-64)74-77(15,16)62(9,10)11/h23-24,27-28,31-33,39-40,43-44,46-48,51-61H,5-6,19-22,25-26,29-30,34-38H2,1-4,7-18H3/b32-31+/t39-,40-,43+,44+,46+,47+,48-,51+,52+,53+,54-,55-,56+,57-,58-,59+,60+,61?/m1/s1. The van der Waals surface area contributed by atoms with Crippen LogP contribution in [0.1, 0.15) is 166 Å². The zero-order valence-corrected chi connectivity index (χ0v) is 55.8. The topological polar surface area (TPSA) is 133 Å². The van der Waals surface area contributed by atoms with E-state index in [4.69, 9.17) is 32.5 Å². The molecule has 5 heterocycles. The molecule has 11 nitrogen and oxygen atoms in total. The van der Waals surface area contributed by atoms with Crippen LogP contribution in [0, 0.1) is 29.6 Å². The highest BCUT2D eigenvalue weighted by Crippen LogP contribution is 2.49. The quantitative estimate of drug-likeness (QED) is 0.0424. The molecule has 0 aliphatic carbocycles. The van der Waals surface area contributed by atoms with Gasteiger partial charge in [-0.05, 0) is 151 Å². The van der Waals surface area contributed by atoms with E-state index in [0.29, 0.717) is 38.0 Å². The van der Waals surface area contributed by atoms with Crippen molar-refractivity contribution in [3.8, 4) is 0 Å². The highest BCUT2D eigenvalue weighted by molar-refractivity contribution is 14.1. The van der Waals surface area contributed by atoms with E-state index in [1.54, 1.807) is 12.1 Å². The molecule has 15 heteroatoms. The largest absolute Gasteiger partial charge is 0.411 e. The van der Waals surface area contributed by atoms with Crippen molar-refractivity contribution in [3.63, 3.8) is 0 Å². The van der Waals surface area contributed by atoms with Gasteiger partial charge in [0, 0.05) is 31.1 Å². The second kappa shape index (κ2) is 27.1. The molecule has 5 aliphatic heterocycles. The van der Waals surface area contributed by atoms with Gasteiger partial charge in [-0.25, -0.2) is 8.42 Å². The van der Waals surface area contributed by atoms with E-state index in [1.807, 2.05) is 23.1 Å². The first-order valence-corrected chi connectivity index (χ1v) is 38.5. The van der Waals surface area contributed by atoms with E-state index in [1.165, 1.54) is 0 Å². The Morgan fingerprint density at radius 2 is 1.49 bits per heavy atom. The van der Waals surface area contributed by atoms with E-state index >= 15 is 13.2 Å². The molecule has 0 N–H and O–H groups in total. The first-order valence-electron chi connectivity index (χ1n) is 29.9. The summed E-state index contributed by atoms with van der Waals surface area (Å²) in [5.41, 5.74) is 3.06. The summed E-state index contributed by atoms with van der Waals surface area (Å²) in [5.74, 6) is -0.877. The predicted molar refractivity (Wildman–Crippen MR) is 328 cm³/mol. The van der Waals surface area contributed by atoms with Gasteiger partial charge in [-0.15, -0.1) is 0 Å². The van der Waals surface area contributed by atoms with E-state index < -0.39 is 56.0 Å². The molecule has 6 rings (SSSR count). The number of fused-ring (bicyclic) bond motifs is 1. The summed E-state index contributed by atoms with van der Waals surface area (Å²) in [6.45, 7) is 44.5. The third-order valence-corrected chi connectivity index (χ3v) is 31.3. The van der Waals surface area contributed by atoms with Crippen LogP contribution >= 0.6 is 22.6 Å². The number of sulfone groups is 1. The lowest BCUT2D eigenvalue weighted by atomic mass is 9.78. The van der Waals surface area contributed by atoms with Crippen molar-refractivity contribution < 1.29 is 50.5 Å². The normalized spacial score (nSPS) is 33.7. The minimum atomic E-state index is -4.27. The third-order valence-electron chi connectivity index (χ3n) is 19.8. The van der Waals surface area contributed by atoms with Gasteiger partial charge < -0.3 is 37.3 Å². The maximum atomic E-state index is 15.8. The van der Waals surface area contributed by atoms with Gasteiger partial charge in [-0.2, -0.15) is 0 Å². The smallest absolute Gasteiger partial charge is 0.193 e. The van der Waals surface area contributed by atoms with Gasteiger partial charge in [0.2, 0.25) is 0 Å². The third kappa shape index (κ3) is 15.5. The van der Waals surface area contributed by atoms with Crippen LogP contribution in [0.4, 0.5) is 0 Å². The monoisotopic (exact) mass is 1250 g/mol. The summed E-state index contributed by atoms with van der Waals surface area (Å²) in [5, 5.41) is -1.48. The average molecular weight is 1250 g/mol. The zero-order valence-electron chi connectivity index (χ0n) is 50.8. The molecule has 5 fully saturated rings. The summed E-state index contributed by atoms with van der Waals surface area (Å²) in [7, 11) is -8.91. The van der Waals surface area contributed by atoms with Crippen molar-refractivity contribution in [2.45, 2.75) is 286 Å². The van der Waals surface area contributed by atoms with Crippen LogP contribution < -0.4 is 0 Å². The summed E-state index contributed by atoms with van der Waals surface area (Å²) in [4.78, 5) is 27.0. The number of rotatable bonds is 24. The van der Waals surface area contributed by atoms with Crippen molar-refractivity contribution >= 4 is 61.1 Å². The first-order chi connectivity index (χ1) is 36.4. The molecular weight excluding hydrogens is 1150 g/mol. The molecule has 0 bridgehead atoms. The van der Waals surface area contributed by atoms with E-state index in [-0.39, 0.29) is 99.9 Å². The fourth-order valence-electron chi connectivity index (χ4n) is 12.4. The highest BCUT2D eigenvalue weighted by atomic mass is 127. The number of ketones is 1. The number of carbonyl (C=O) groups excluding carboxylic acids is 2. The summed E-state index contributed by atoms with van der Waals surface area (Å²) in [6, 6.07) is 7.10. The van der Waals surface area contributed by atoms with Gasteiger partial charge in [0.25, 0.3) is 0 Å². The van der Waals surface area contributed by atoms with Gasteiger partial charge in [0.15, 0.2) is 32.3 Å². The molecule has 0 spiro atoms. The second-order valence-electron chi connectivity index (χ2n) is 27.5. The number of hydrogen-bond acceptors (Lipinski definition) is 11. The molecule has 1 unspecified atom stereocenters. The van der Waals surface area contributed by atoms with Gasteiger partial charge in [-0.1, -0.05) is 137 Å². The Labute approximate surface area is 488 Å². The Morgan fingerprint density at radius 1 is 0.833 bits per heavy atom. The second-order valence-corrected chi connectivity index (χ2v) is 39.8. The number of Topliss-reactive ketones (excluding diaryl/α,β-unsaturated/α-hetero) is 1. The number of carbonyl (C=O) groups is 2. The van der Waals surface area contributed by atoms with Gasteiger partial charge in [0.05, 0.1) is 72.0 Å². The van der Waals surface area contributed by atoms with Gasteiger partial charge >= 0.3 is 0 Å². The molecular formula is C63H103IO11SSi2. The number of halogens is 1. The minimum Gasteiger partial charge on any atom is -0.411 e. The molecule has 5 aliphatic rings. The number of hydrogen-bond donors (Lipinski definition) is 0. The first kappa shape index (κ1) is 65.8. The number of ether oxygens (including phenoxy) is 5. The number of aldehydes is 1. The van der Waals surface area contributed by atoms with Crippen LogP contribution in [0.3, 0.4) is 0 Å². The van der Waals surface area contributed by atoms with Crippen molar-refractivity contribution in [1.82, 2.24) is 0 Å². The Morgan fingerprint density at radius 3 is 2.09 bits per heavy atom. The van der Waals surface area contributed by atoms with Crippen LogP contribution in [0.25, 0.3) is 0 Å². The molecule has 78 heavy (non-hydrogen) atoms.